The van der Waals surface area contributed by atoms with E-state index in [2.05, 4.69) is 30.5 Å². The van der Waals surface area contributed by atoms with Crippen molar-refractivity contribution in [3.63, 3.8) is 0 Å². The largest absolute Gasteiger partial charge is 0.320 e. The molecule has 0 aliphatic rings. The molecule has 4 aromatic rings. The van der Waals surface area contributed by atoms with Crippen LogP contribution in [-0.4, -0.2) is 24.8 Å². The smallest absolute Gasteiger partial charge is 0.304 e. The normalized spacial score (nSPS) is 11.6. The maximum atomic E-state index is 14.6. The van der Waals surface area contributed by atoms with E-state index >= 15 is 0 Å². The van der Waals surface area contributed by atoms with Crippen molar-refractivity contribution >= 4 is 28.2 Å². The van der Waals surface area contributed by atoms with Crippen LogP contribution in [0.4, 0.5) is 20.6 Å². The topological polar surface area (TPSA) is 80.1 Å². The highest BCUT2D eigenvalue weighted by Crippen LogP contribution is 2.31. The highest BCUT2D eigenvalue weighted by atomic mass is 19.3. The molecule has 0 saturated heterocycles. The van der Waals surface area contributed by atoms with E-state index in [1.54, 1.807) is 6.20 Å². The number of rotatable bonds is 4. The zero-order valence-electron chi connectivity index (χ0n) is 13.4. The van der Waals surface area contributed by atoms with Crippen molar-refractivity contribution in [2.24, 2.45) is 0 Å². The van der Waals surface area contributed by atoms with Crippen LogP contribution >= 0.6 is 0 Å². The molecule has 128 valence electrons. The number of nitrogens with one attached hydrogen (secondary N) is 2. The Morgan fingerprint density at radius 3 is 2.84 bits per heavy atom. The lowest BCUT2D eigenvalue weighted by atomic mass is 10.1. The number of aromatic amines is 1. The van der Waals surface area contributed by atoms with E-state index in [9.17, 15) is 8.92 Å². The molecular weight excluding hydrogens is 330 g/mol. The van der Waals surface area contributed by atoms with E-state index in [4.69, 9.17) is 0 Å². The van der Waals surface area contributed by atoms with Gasteiger partial charge >= 0.3 is 5.88 Å². The number of nitrogens with zero attached hydrogens (tertiary/aromatic N) is 4. The van der Waals surface area contributed by atoms with E-state index < -0.39 is 11.7 Å². The average molecular weight is 344 g/mol. The molecule has 4 rings (SSSR count). The number of H-pyrrole nitrogens is 1. The Morgan fingerprint density at radius 2 is 2.08 bits per heavy atom. The molecule has 3 heterocycles. The van der Waals surface area contributed by atoms with Gasteiger partial charge in [-0.2, -0.15) is 24.1 Å². The minimum absolute atomic E-state index is 0.0713. The summed E-state index contributed by atoms with van der Waals surface area (Å²) in [6.45, 7) is 3.87. The van der Waals surface area contributed by atoms with Gasteiger partial charge in [0.15, 0.2) is 17.3 Å². The molecule has 3 aromatic heterocycles. The van der Waals surface area contributed by atoms with Crippen LogP contribution in [0, 0.1) is 5.82 Å². The number of anilines is 2. The van der Waals surface area contributed by atoms with Gasteiger partial charge in [-0.3, -0.25) is 10.0 Å². The van der Waals surface area contributed by atoms with Gasteiger partial charge < -0.3 is 5.32 Å². The van der Waals surface area contributed by atoms with Crippen molar-refractivity contribution in [2.75, 3.05) is 5.32 Å². The Balaban J connectivity index is 1.92. The molecule has 0 saturated carbocycles. The second-order valence-electron chi connectivity index (χ2n) is 5.89. The average Bonchev–Trinajstić information content (AvgIpc) is 3.21. The van der Waals surface area contributed by atoms with Gasteiger partial charge in [0.1, 0.15) is 0 Å². The molecule has 0 unspecified atom stereocenters. The van der Waals surface area contributed by atoms with Crippen molar-refractivity contribution in [1.29, 1.82) is 0 Å². The number of para-hydroxylation sites is 1. The highest BCUT2D eigenvalue weighted by Gasteiger charge is 2.22. The van der Waals surface area contributed by atoms with Gasteiger partial charge in [0.2, 0.25) is 5.82 Å². The van der Waals surface area contributed by atoms with Crippen LogP contribution in [0.2, 0.25) is 0 Å². The fraction of sp³-hybridized carbons (Fsp3) is 0.188. The molecule has 7 nitrogen and oxygen atoms in total. The summed E-state index contributed by atoms with van der Waals surface area (Å²) < 4.78 is 28.7. The van der Waals surface area contributed by atoms with Crippen LogP contribution in [-0.2, 0) is 0 Å². The molecule has 9 heteroatoms. The Labute approximate surface area is 140 Å². The molecule has 0 fully saturated rings. The molecule has 1 aromatic carbocycles. The predicted octanol–water partition coefficient (Wildman–Crippen LogP) is 3.88. The predicted molar refractivity (Wildman–Crippen MR) is 88.1 cm³/mol. The standard InChI is InChI=1S/C16H14F2N6O/c1-8(2)10-7-19-24-14(10)21-16(25-18)12(17)15(24)20-13-9-5-3-4-6-11(9)22-23-13/h3-8H,1-2H3,(H2,20,22,23). The van der Waals surface area contributed by atoms with Crippen LogP contribution in [0.15, 0.2) is 30.5 Å². The van der Waals surface area contributed by atoms with Crippen molar-refractivity contribution in [2.45, 2.75) is 19.8 Å². The second-order valence-corrected chi connectivity index (χ2v) is 5.89. The van der Waals surface area contributed by atoms with Crippen molar-refractivity contribution in [3.05, 3.63) is 41.8 Å². The lowest BCUT2D eigenvalue weighted by molar-refractivity contribution is -0.0162. The molecular formula is C16H14F2N6O. The monoisotopic (exact) mass is 344 g/mol. The summed E-state index contributed by atoms with van der Waals surface area (Å²) in [5.74, 6) is -1.41. The second kappa shape index (κ2) is 5.69. The van der Waals surface area contributed by atoms with E-state index in [-0.39, 0.29) is 11.7 Å². The maximum absolute atomic E-state index is 14.6. The summed E-state index contributed by atoms with van der Waals surface area (Å²) >= 11 is 0. The fourth-order valence-electron chi connectivity index (χ4n) is 2.71. The van der Waals surface area contributed by atoms with Crippen LogP contribution in [0.5, 0.6) is 5.88 Å². The minimum Gasteiger partial charge on any atom is -0.320 e. The maximum Gasteiger partial charge on any atom is 0.304 e. The molecule has 0 atom stereocenters. The highest BCUT2D eigenvalue weighted by molar-refractivity contribution is 5.91. The summed E-state index contributed by atoms with van der Waals surface area (Å²) in [4.78, 5) is 7.50. The quantitative estimate of drug-likeness (QED) is 0.587. The van der Waals surface area contributed by atoms with Gasteiger partial charge in [0.25, 0.3) is 0 Å². The summed E-state index contributed by atoms with van der Waals surface area (Å²) in [5, 5.41) is 14.8. The molecule has 2 N–H and O–H groups in total. The Hall–Kier alpha value is -3.23. The summed E-state index contributed by atoms with van der Waals surface area (Å²) in [7, 11) is 0. The first-order chi connectivity index (χ1) is 12.1. The summed E-state index contributed by atoms with van der Waals surface area (Å²) in [6, 6.07) is 7.36. The first-order valence-electron chi connectivity index (χ1n) is 7.66. The van der Waals surface area contributed by atoms with Crippen molar-refractivity contribution in [1.82, 2.24) is 24.8 Å². The zero-order valence-corrected chi connectivity index (χ0v) is 13.4. The van der Waals surface area contributed by atoms with Crippen molar-refractivity contribution in [3.8, 4) is 5.88 Å². The van der Waals surface area contributed by atoms with E-state index in [1.165, 1.54) is 4.52 Å². The van der Waals surface area contributed by atoms with E-state index in [0.29, 0.717) is 11.5 Å². The number of hydrogen-bond acceptors (Lipinski definition) is 5. The van der Waals surface area contributed by atoms with Gasteiger partial charge in [0.05, 0.1) is 11.7 Å². The lowest BCUT2D eigenvalue weighted by Crippen LogP contribution is -2.07. The third-order valence-electron chi connectivity index (χ3n) is 3.99. The van der Waals surface area contributed by atoms with Gasteiger partial charge in [-0.25, -0.2) is 0 Å². The van der Waals surface area contributed by atoms with Crippen LogP contribution < -0.4 is 10.3 Å². The number of fused-ring (bicyclic) bond motifs is 2. The van der Waals surface area contributed by atoms with Gasteiger partial charge in [0, 0.05) is 15.5 Å². The molecule has 0 aliphatic carbocycles. The number of aromatic nitrogens is 5. The van der Waals surface area contributed by atoms with E-state index in [1.807, 2.05) is 38.1 Å². The molecule has 0 amide bonds. The van der Waals surface area contributed by atoms with E-state index in [0.717, 1.165) is 16.5 Å². The number of halogens is 2. The molecule has 25 heavy (non-hydrogen) atoms. The third kappa shape index (κ3) is 2.35. The van der Waals surface area contributed by atoms with Gasteiger partial charge in [-0.15, -0.1) is 0 Å². The first kappa shape index (κ1) is 15.3. The fourth-order valence-corrected chi connectivity index (χ4v) is 2.71. The van der Waals surface area contributed by atoms with Crippen LogP contribution in [0.1, 0.15) is 25.3 Å². The van der Waals surface area contributed by atoms with Crippen LogP contribution in [0.25, 0.3) is 16.6 Å². The van der Waals surface area contributed by atoms with Crippen molar-refractivity contribution < 1.29 is 13.9 Å². The summed E-state index contributed by atoms with van der Waals surface area (Å²) in [6.07, 6.45) is 1.57. The Kier molecular flexibility index (Phi) is 3.48. The summed E-state index contributed by atoms with van der Waals surface area (Å²) in [5.41, 5.74) is 1.83. The Bertz CT molecular complexity index is 1070. The van der Waals surface area contributed by atoms with Gasteiger partial charge in [-0.1, -0.05) is 26.0 Å². The number of hydrogen-bond donors (Lipinski definition) is 2. The molecule has 0 bridgehead atoms. The lowest BCUT2D eigenvalue weighted by Gasteiger charge is -2.10. The SMILES string of the molecule is CC(C)c1cnn2c(Nc3n[nH]c4ccccc34)c(F)c(OF)nc12. The van der Waals surface area contributed by atoms with Gasteiger partial charge in [-0.05, 0) is 18.1 Å². The Morgan fingerprint density at radius 1 is 1.28 bits per heavy atom. The molecule has 0 spiro atoms. The zero-order chi connectivity index (χ0) is 17.6. The molecule has 0 aliphatic heterocycles. The first-order valence-corrected chi connectivity index (χ1v) is 7.66. The minimum atomic E-state index is -1.000. The number of benzene rings is 1. The van der Waals surface area contributed by atoms with Crippen LogP contribution in [0.3, 0.4) is 0 Å². The molecule has 0 radical (unpaired) electrons. The third-order valence-corrected chi connectivity index (χ3v) is 3.99.